The van der Waals surface area contributed by atoms with Gasteiger partial charge in [0.05, 0.1) is 12.0 Å². The lowest BCUT2D eigenvalue weighted by molar-refractivity contribution is -0.186. The van der Waals surface area contributed by atoms with Crippen molar-refractivity contribution in [3.05, 3.63) is 0 Å². The first-order valence-corrected chi connectivity index (χ1v) is 7.29. The van der Waals surface area contributed by atoms with Gasteiger partial charge < -0.3 is 5.32 Å². The average Bonchev–Trinajstić information content (AvgIpc) is 2.95. The summed E-state index contributed by atoms with van der Waals surface area (Å²) in [5, 5.41) is 3.29. The van der Waals surface area contributed by atoms with Crippen molar-refractivity contribution in [3.8, 4) is 0 Å². The van der Waals surface area contributed by atoms with Gasteiger partial charge in [-0.15, -0.1) is 0 Å². The lowest BCUT2D eigenvalue weighted by Gasteiger charge is -2.30. The molecule has 3 aliphatic rings. The highest BCUT2D eigenvalue weighted by Crippen LogP contribution is 2.43. The number of piperidine rings is 1. The second-order valence-corrected chi connectivity index (χ2v) is 6.50. The predicted molar refractivity (Wildman–Crippen MR) is 64.6 cm³/mol. The van der Waals surface area contributed by atoms with E-state index in [2.05, 4.69) is 5.32 Å². The molecule has 5 heteroatoms. The molecule has 0 aromatic heterocycles. The quantitative estimate of drug-likeness (QED) is 0.857. The Morgan fingerprint density at radius 3 is 2.58 bits per heavy atom. The summed E-state index contributed by atoms with van der Waals surface area (Å²) in [4.78, 5) is 12.1. The molecule has 1 saturated heterocycles. The van der Waals surface area contributed by atoms with Crippen molar-refractivity contribution in [3.63, 3.8) is 0 Å². The number of alkyl halides is 3. The van der Waals surface area contributed by atoms with E-state index in [1.165, 1.54) is 6.42 Å². The number of carbonyl (C=O) groups excluding carboxylic acids is 1. The van der Waals surface area contributed by atoms with Crippen LogP contribution in [-0.4, -0.2) is 24.0 Å². The highest BCUT2D eigenvalue weighted by molar-refractivity contribution is 5.84. The second kappa shape index (κ2) is 4.76. The van der Waals surface area contributed by atoms with Crippen LogP contribution in [0.1, 0.15) is 44.9 Å². The standard InChI is InChI=1S/C14H20F3NO/c15-14(16,17)10-3-1-2-8(4-10)5-13(19)12-7-9-6-11(9)18-12/h8-12,18H,1-7H2/t8-,9-,10+,11-,12+/m1/s1. The summed E-state index contributed by atoms with van der Waals surface area (Å²) in [5.41, 5.74) is 0. The van der Waals surface area contributed by atoms with Gasteiger partial charge in [-0.1, -0.05) is 6.42 Å². The van der Waals surface area contributed by atoms with Crippen LogP contribution in [0.3, 0.4) is 0 Å². The maximum atomic E-state index is 12.7. The molecule has 0 radical (unpaired) electrons. The Kier molecular flexibility index (Phi) is 3.36. The maximum Gasteiger partial charge on any atom is 0.391 e. The number of Topliss-reactive ketones (excluding diaryl/α,β-unsaturated/α-hetero) is 1. The van der Waals surface area contributed by atoms with Crippen molar-refractivity contribution in [1.82, 2.24) is 5.32 Å². The van der Waals surface area contributed by atoms with Gasteiger partial charge in [-0.2, -0.15) is 13.2 Å². The van der Waals surface area contributed by atoms with Crippen molar-refractivity contribution < 1.29 is 18.0 Å². The summed E-state index contributed by atoms with van der Waals surface area (Å²) in [6.45, 7) is 0. The Labute approximate surface area is 111 Å². The third-order valence-electron chi connectivity index (χ3n) is 5.00. The molecule has 0 bridgehead atoms. The Bertz CT molecular complexity index is 358. The molecule has 0 amide bonds. The zero-order valence-electron chi connectivity index (χ0n) is 10.9. The van der Waals surface area contributed by atoms with Crippen molar-refractivity contribution in [2.75, 3.05) is 0 Å². The smallest absolute Gasteiger partial charge is 0.304 e. The lowest BCUT2D eigenvalue weighted by Crippen LogP contribution is -2.36. The Balaban J connectivity index is 1.50. The fourth-order valence-electron chi connectivity index (χ4n) is 3.77. The van der Waals surface area contributed by atoms with E-state index in [-0.39, 0.29) is 30.6 Å². The molecule has 2 nitrogen and oxygen atoms in total. The molecule has 2 aliphatic carbocycles. The summed E-state index contributed by atoms with van der Waals surface area (Å²) in [6, 6.07) is 0.443. The Hall–Kier alpha value is -0.580. The predicted octanol–water partition coefficient (Wildman–Crippen LogP) is 3.06. The molecule has 3 rings (SSSR count). The first-order valence-electron chi connectivity index (χ1n) is 7.29. The minimum absolute atomic E-state index is 0.0633. The SMILES string of the molecule is O=C(C[C@@H]1CCC[C@H](C(F)(F)F)C1)[C@@H]1C[C@H]2C[C@H]2N1. The first kappa shape index (κ1) is 13.4. The van der Waals surface area contributed by atoms with Crippen LogP contribution >= 0.6 is 0 Å². The largest absolute Gasteiger partial charge is 0.391 e. The second-order valence-electron chi connectivity index (χ2n) is 6.50. The molecule has 0 spiro atoms. The van der Waals surface area contributed by atoms with Crippen LogP contribution in [0.15, 0.2) is 0 Å². The third-order valence-corrected chi connectivity index (χ3v) is 5.00. The molecule has 1 N–H and O–H groups in total. The highest BCUT2D eigenvalue weighted by atomic mass is 19.4. The topological polar surface area (TPSA) is 29.1 Å². The molecule has 0 aromatic rings. The molecule has 5 atom stereocenters. The van der Waals surface area contributed by atoms with Gasteiger partial charge in [0.15, 0.2) is 0 Å². The maximum absolute atomic E-state index is 12.7. The van der Waals surface area contributed by atoms with Gasteiger partial charge in [-0.3, -0.25) is 4.79 Å². The summed E-state index contributed by atoms with van der Waals surface area (Å²) in [5.74, 6) is -0.459. The number of ketones is 1. The molecule has 108 valence electrons. The minimum atomic E-state index is -4.09. The number of nitrogens with one attached hydrogen (secondary N) is 1. The molecular weight excluding hydrogens is 255 g/mol. The van der Waals surface area contributed by atoms with Gasteiger partial charge >= 0.3 is 6.18 Å². The summed E-state index contributed by atoms with van der Waals surface area (Å²) in [6.07, 6.45) is 0.0825. The molecular formula is C14H20F3NO. The number of hydrogen-bond acceptors (Lipinski definition) is 2. The van der Waals surface area contributed by atoms with Crippen LogP contribution in [0, 0.1) is 17.8 Å². The van der Waals surface area contributed by atoms with Crippen molar-refractivity contribution in [2.24, 2.45) is 17.8 Å². The monoisotopic (exact) mass is 275 g/mol. The summed E-state index contributed by atoms with van der Waals surface area (Å²) in [7, 11) is 0. The van der Waals surface area contributed by atoms with Gasteiger partial charge in [0.2, 0.25) is 0 Å². The van der Waals surface area contributed by atoms with E-state index in [1.807, 2.05) is 0 Å². The van der Waals surface area contributed by atoms with Crippen molar-refractivity contribution in [2.45, 2.75) is 63.2 Å². The van der Waals surface area contributed by atoms with Gasteiger partial charge in [0.25, 0.3) is 0 Å². The van der Waals surface area contributed by atoms with Crippen molar-refractivity contribution >= 4 is 5.78 Å². The van der Waals surface area contributed by atoms with Crippen LogP contribution in [0.25, 0.3) is 0 Å². The molecule has 3 fully saturated rings. The molecule has 19 heavy (non-hydrogen) atoms. The van der Waals surface area contributed by atoms with Gasteiger partial charge in [-0.25, -0.2) is 0 Å². The minimum Gasteiger partial charge on any atom is -0.304 e. The number of rotatable bonds is 3. The lowest BCUT2D eigenvalue weighted by atomic mass is 9.78. The van der Waals surface area contributed by atoms with E-state index in [0.29, 0.717) is 24.8 Å². The van der Waals surface area contributed by atoms with E-state index in [0.717, 1.165) is 12.8 Å². The zero-order chi connectivity index (χ0) is 13.6. The van der Waals surface area contributed by atoms with Crippen LogP contribution in [0.2, 0.25) is 0 Å². The molecule has 0 aromatic carbocycles. The van der Waals surface area contributed by atoms with Crippen LogP contribution in [-0.2, 0) is 4.79 Å². The van der Waals surface area contributed by atoms with Crippen molar-refractivity contribution in [1.29, 1.82) is 0 Å². The number of fused-ring (bicyclic) bond motifs is 1. The summed E-state index contributed by atoms with van der Waals surface area (Å²) < 4.78 is 38.1. The molecule has 1 aliphatic heterocycles. The van der Waals surface area contributed by atoms with Crippen LogP contribution in [0.4, 0.5) is 13.2 Å². The number of halogens is 3. The number of hydrogen-bond donors (Lipinski definition) is 1. The van der Waals surface area contributed by atoms with Gasteiger partial charge in [-0.05, 0) is 43.9 Å². The van der Waals surface area contributed by atoms with E-state index in [4.69, 9.17) is 0 Å². The van der Waals surface area contributed by atoms with Gasteiger partial charge in [0, 0.05) is 12.5 Å². The number of carbonyl (C=O) groups is 1. The first-order chi connectivity index (χ1) is 8.93. The summed E-state index contributed by atoms with van der Waals surface area (Å²) >= 11 is 0. The molecule has 0 unspecified atom stereocenters. The normalized spacial score (nSPS) is 41.9. The van der Waals surface area contributed by atoms with E-state index in [9.17, 15) is 18.0 Å². The Morgan fingerprint density at radius 1 is 1.16 bits per heavy atom. The Morgan fingerprint density at radius 2 is 1.95 bits per heavy atom. The fraction of sp³-hybridized carbons (Fsp3) is 0.929. The van der Waals surface area contributed by atoms with Gasteiger partial charge in [0.1, 0.15) is 5.78 Å². The highest BCUT2D eigenvalue weighted by Gasteiger charge is 2.48. The van der Waals surface area contributed by atoms with E-state index in [1.54, 1.807) is 0 Å². The third kappa shape index (κ3) is 2.96. The zero-order valence-corrected chi connectivity index (χ0v) is 10.9. The fourth-order valence-corrected chi connectivity index (χ4v) is 3.77. The molecule has 1 heterocycles. The average molecular weight is 275 g/mol. The molecule has 2 saturated carbocycles. The van der Waals surface area contributed by atoms with Crippen LogP contribution < -0.4 is 5.32 Å². The van der Waals surface area contributed by atoms with Crippen LogP contribution in [0.5, 0.6) is 0 Å². The van der Waals surface area contributed by atoms with E-state index < -0.39 is 12.1 Å². The van der Waals surface area contributed by atoms with E-state index >= 15 is 0 Å².